The number of nitrogens with zero attached hydrogens (tertiary/aromatic N) is 4. The van der Waals surface area contributed by atoms with Crippen LogP contribution >= 0.6 is 11.3 Å². The van der Waals surface area contributed by atoms with Crippen LogP contribution in [0.3, 0.4) is 0 Å². The fraction of sp³-hybridized carbons (Fsp3) is 0.250. The van der Waals surface area contributed by atoms with Gasteiger partial charge in [-0.2, -0.15) is 0 Å². The zero-order valence-electron chi connectivity index (χ0n) is 21.7. The lowest BCUT2D eigenvalue weighted by Gasteiger charge is -2.22. The number of carbonyl (C=O) groups is 1. The molecule has 5 rings (SSSR count). The van der Waals surface area contributed by atoms with Crippen molar-refractivity contribution in [1.29, 1.82) is 0 Å². The largest absolute Gasteiger partial charge is 0.484 e. The van der Waals surface area contributed by atoms with Crippen molar-refractivity contribution in [3.8, 4) is 16.3 Å². The van der Waals surface area contributed by atoms with Crippen LogP contribution < -0.4 is 10.1 Å². The Morgan fingerprint density at radius 1 is 1.05 bits per heavy atom. The van der Waals surface area contributed by atoms with Gasteiger partial charge >= 0.3 is 6.09 Å². The number of amides is 1. The van der Waals surface area contributed by atoms with Crippen molar-refractivity contribution >= 4 is 44.2 Å². The van der Waals surface area contributed by atoms with Crippen LogP contribution in [0.4, 0.5) is 14.9 Å². The summed E-state index contributed by atoms with van der Waals surface area (Å²) in [7, 11) is 0. The molecule has 0 saturated carbocycles. The summed E-state index contributed by atoms with van der Waals surface area (Å²) in [5, 5.41) is 13.9. The Bertz CT molecular complexity index is 1680. The van der Waals surface area contributed by atoms with Crippen LogP contribution in [0.25, 0.3) is 31.7 Å². The van der Waals surface area contributed by atoms with Gasteiger partial charge in [0.1, 0.15) is 23.0 Å². The smallest absolute Gasteiger partial charge is 0.412 e. The highest BCUT2D eigenvalue weighted by atomic mass is 32.1. The van der Waals surface area contributed by atoms with Crippen LogP contribution in [-0.2, 0) is 11.3 Å². The number of anilines is 1. The molecule has 0 spiro atoms. The van der Waals surface area contributed by atoms with E-state index in [0.29, 0.717) is 26.7 Å². The summed E-state index contributed by atoms with van der Waals surface area (Å²) in [6.07, 6.45) is 2.69. The number of pyridine rings is 1. The quantitative estimate of drug-likeness (QED) is 0.256. The summed E-state index contributed by atoms with van der Waals surface area (Å²) in [5.74, 6) is 0.0215. The molecule has 0 bridgehead atoms. The lowest BCUT2D eigenvalue weighted by atomic mass is 10.0. The van der Waals surface area contributed by atoms with Crippen molar-refractivity contribution in [3.05, 3.63) is 71.7 Å². The highest BCUT2D eigenvalue weighted by Crippen LogP contribution is 2.37. The molecule has 0 unspecified atom stereocenters. The molecule has 0 fully saturated rings. The van der Waals surface area contributed by atoms with Crippen LogP contribution in [0.5, 0.6) is 5.75 Å². The maximum atomic E-state index is 15.0. The van der Waals surface area contributed by atoms with E-state index in [4.69, 9.17) is 9.47 Å². The SMILES string of the molecule is Cc1cnc2c(-c3nc4cc(F)c(O[C@@H](C)[C@@H](C)OC(=O)Nc5cnc(C)nc5)cc4s3)cc(CO)cc2c1. The predicted molar refractivity (Wildman–Crippen MR) is 147 cm³/mol. The van der Waals surface area contributed by atoms with Gasteiger partial charge in [-0.15, -0.1) is 11.3 Å². The fourth-order valence-electron chi connectivity index (χ4n) is 3.98. The van der Waals surface area contributed by atoms with E-state index in [1.165, 1.54) is 29.8 Å². The molecule has 1 amide bonds. The van der Waals surface area contributed by atoms with Crippen LogP contribution in [-0.4, -0.2) is 43.3 Å². The molecule has 0 radical (unpaired) electrons. The van der Waals surface area contributed by atoms with Crippen LogP contribution in [0.1, 0.15) is 30.8 Å². The van der Waals surface area contributed by atoms with Gasteiger partial charge in [-0.3, -0.25) is 10.3 Å². The summed E-state index contributed by atoms with van der Waals surface area (Å²) in [6, 6.07) is 8.67. The second kappa shape index (κ2) is 10.9. The number of ether oxygens (including phenoxy) is 2. The molecule has 200 valence electrons. The number of aliphatic hydroxyl groups excluding tert-OH is 1. The Morgan fingerprint density at radius 2 is 1.82 bits per heavy atom. The van der Waals surface area contributed by atoms with Gasteiger partial charge in [0.25, 0.3) is 0 Å². The van der Waals surface area contributed by atoms with E-state index in [-0.39, 0.29) is 12.4 Å². The van der Waals surface area contributed by atoms with E-state index in [1.807, 2.05) is 25.1 Å². The average molecular weight is 548 g/mol. The van der Waals surface area contributed by atoms with Crippen molar-refractivity contribution in [2.75, 3.05) is 5.32 Å². The Kier molecular flexibility index (Phi) is 7.36. The Labute approximate surface area is 227 Å². The van der Waals surface area contributed by atoms with E-state index in [0.717, 1.165) is 27.6 Å². The number of aromatic nitrogens is 4. The molecule has 0 saturated heterocycles. The van der Waals surface area contributed by atoms with Crippen LogP contribution in [0.2, 0.25) is 0 Å². The predicted octanol–water partition coefficient (Wildman–Crippen LogP) is 5.95. The molecular weight excluding hydrogens is 521 g/mol. The summed E-state index contributed by atoms with van der Waals surface area (Å²) in [6.45, 7) is 6.92. The average Bonchev–Trinajstić information content (AvgIpc) is 3.31. The van der Waals surface area contributed by atoms with Gasteiger partial charge in [-0.1, -0.05) is 0 Å². The van der Waals surface area contributed by atoms with E-state index < -0.39 is 24.1 Å². The van der Waals surface area contributed by atoms with Crippen molar-refractivity contribution in [3.63, 3.8) is 0 Å². The van der Waals surface area contributed by atoms with Crippen molar-refractivity contribution < 1.29 is 23.8 Å². The molecule has 2 aromatic carbocycles. The molecule has 11 heteroatoms. The number of fused-ring (bicyclic) bond motifs is 2. The zero-order valence-corrected chi connectivity index (χ0v) is 22.5. The number of aliphatic hydroxyl groups is 1. The number of aryl methyl sites for hydroxylation is 2. The Hall–Kier alpha value is -4.22. The number of rotatable bonds is 7. The normalized spacial score (nSPS) is 12.9. The molecule has 3 heterocycles. The fourth-order valence-corrected chi connectivity index (χ4v) is 4.97. The highest BCUT2D eigenvalue weighted by Gasteiger charge is 2.22. The van der Waals surface area contributed by atoms with E-state index in [1.54, 1.807) is 33.0 Å². The van der Waals surface area contributed by atoms with Gasteiger partial charge in [0.15, 0.2) is 11.6 Å². The second-order valence-corrected chi connectivity index (χ2v) is 10.3. The lowest BCUT2D eigenvalue weighted by Crippen LogP contribution is -2.32. The minimum absolute atomic E-state index is 0.0238. The standard InChI is InChI=1S/C28H26FN5O4S/c1-14-5-19-6-18(13-35)7-21(26(19)32-10-14)27-34-23-8-22(29)24(9-25(23)39-27)37-15(2)16(3)38-28(36)33-20-11-30-17(4)31-12-20/h5-12,15-16,35H,13H2,1-4H3,(H,33,36)/t15-,16+/m0/s1. The molecule has 0 aliphatic rings. The number of halogens is 1. The molecule has 39 heavy (non-hydrogen) atoms. The minimum atomic E-state index is -0.699. The molecule has 2 atom stereocenters. The highest BCUT2D eigenvalue weighted by molar-refractivity contribution is 7.21. The summed E-state index contributed by atoms with van der Waals surface area (Å²) >= 11 is 1.37. The van der Waals surface area contributed by atoms with Gasteiger partial charge in [-0.05, 0) is 57.0 Å². The van der Waals surface area contributed by atoms with Gasteiger partial charge < -0.3 is 14.6 Å². The second-order valence-electron chi connectivity index (χ2n) is 9.23. The first-order valence-corrected chi connectivity index (χ1v) is 13.1. The zero-order chi connectivity index (χ0) is 27.7. The third-order valence-electron chi connectivity index (χ3n) is 6.13. The molecule has 0 aliphatic heterocycles. The Morgan fingerprint density at radius 3 is 2.56 bits per heavy atom. The number of carbonyl (C=O) groups excluding carboxylic acids is 1. The molecule has 9 nitrogen and oxygen atoms in total. The molecule has 0 aliphatic carbocycles. The first-order chi connectivity index (χ1) is 18.7. The molecule has 2 N–H and O–H groups in total. The number of hydrogen-bond donors (Lipinski definition) is 2. The number of nitrogens with one attached hydrogen (secondary N) is 1. The number of hydrogen-bond acceptors (Lipinski definition) is 9. The first-order valence-electron chi connectivity index (χ1n) is 12.2. The number of thiazole rings is 1. The van der Waals surface area contributed by atoms with Crippen molar-refractivity contribution in [2.24, 2.45) is 0 Å². The van der Waals surface area contributed by atoms with Crippen LogP contribution in [0, 0.1) is 19.7 Å². The molecular formula is C28H26FN5O4S. The lowest BCUT2D eigenvalue weighted by molar-refractivity contribution is 0.0402. The summed E-state index contributed by atoms with van der Waals surface area (Å²) in [5.41, 5.74) is 4.13. The summed E-state index contributed by atoms with van der Waals surface area (Å²) in [4.78, 5) is 29.5. The first kappa shape index (κ1) is 26.4. The van der Waals surface area contributed by atoms with Crippen LogP contribution in [0.15, 0.2) is 48.9 Å². The van der Waals surface area contributed by atoms with Crippen molar-refractivity contribution in [1.82, 2.24) is 19.9 Å². The third-order valence-corrected chi connectivity index (χ3v) is 7.18. The maximum absolute atomic E-state index is 15.0. The van der Waals surface area contributed by atoms with Gasteiger partial charge in [0.2, 0.25) is 0 Å². The third kappa shape index (κ3) is 5.79. The van der Waals surface area contributed by atoms with E-state index >= 15 is 4.39 Å². The van der Waals surface area contributed by atoms with Gasteiger partial charge in [0.05, 0.1) is 40.4 Å². The Balaban J connectivity index is 1.35. The van der Waals surface area contributed by atoms with Gasteiger partial charge in [-0.25, -0.2) is 24.1 Å². The minimum Gasteiger partial charge on any atom is -0.484 e. The molecule has 5 aromatic rings. The van der Waals surface area contributed by atoms with E-state index in [9.17, 15) is 9.90 Å². The van der Waals surface area contributed by atoms with E-state index in [2.05, 4.69) is 25.3 Å². The monoisotopic (exact) mass is 547 g/mol. The number of benzene rings is 2. The molecule has 3 aromatic heterocycles. The van der Waals surface area contributed by atoms with Crippen molar-refractivity contribution in [2.45, 2.75) is 46.5 Å². The van der Waals surface area contributed by atoms with Gasteiger partial charge in [0, 0.05) is 29.3 Å². The topological polar surface area (TPSA) is 119 Å². The maximum Gasteiger partial charge on any atom is 0.412 e. The summed E-state index contributed by atoms with van der Waals surface area (Å²) < 4.78 is 27.0.